The molecule has 2 heterocycles. The number of aromatic nitrogens is 4. The van der Waals surface area contributed by atoms with Crippen LogP contribution in [0.3, 0.4) is 0 Å². The number of benzene rings is 1. The first-order valence-electron chi connectivity index (χ1n) is 8.10. The monoisotopic (exact) mass is 382 g/mol. The van der Waals surface area contributed by atoms with Crippen LogP contribution in [-0.2, 0) is 6.18 Å². The first-order valence-corrected chi connectivity index (χ1v) is 8.10. The summed E-state index contributed by atoms with van der Waals surface area (Å²) in [6.45, 7) is 7.49. The fourth-order valence-electron chi connectivity index (χ4n) is 2.55. The number of hydrogen-bond donors (Lipinski definition) is 0. The van der Waals surface area contributed by atoms with Crippen molar-refractivity contribution in [3.05, 3.63) is 40.9 Å². The predicted octanol–water partition coefficient (Wildman–Crippen LogP) is 4.25. The van der Waals surface area contributed by atoms with Crippen molar-refractivity contribution in [2.45, 2.75) is 39.8 Å². The van der Waals surface area contributed by atoms with Crippen molar-refractivity contribution in [2.24, 2.45) is 0 Å². The quantitative estimate of drug-likeness (QED) is 0.652. The van der Waals surface area contributed by atoms with Crippen molar-refractivity contribution in [3.63, 3.8) is 0 Å². The molecule has 1 aromatic carbocycles. The van der Waals surface area contributed by atoms with Crippen LogP contribution in [0.1, 0.15) is 41.6 Å². The summed E-state index contributed by atoms with van der Waals surface area (Å²) in [5, 5.41) is 11.2. The van der Waals surface area contributed by atoms with Crippen LogP contribution in [0.2, 0.25) is 0 Å². The zero-order chi connectivity index (χ0) is 19.8. The number of nitrogens with zero attached hydrogens (tertiary/aromatic N) is 4. The van der Waals surface area contributed by atoms with Crippen molar-refractivity contribution in [1.82, 2.24) is 20.3 Å². The number of halogens is 3. The second kappa shape index (κ2) is 7.01. The predicted molar refractivity (Wildman–Crippen MR) is 87.2 cm³/mol. The lowest BCUT2D eigenvalue weighted by Gasteiger charge is -2.15. The standard InChI is InChI=1S/C17H17F3N4O3/c1-8-5-12(14-21-16(27-24-14)17(18,19)20)6-9(2)13(8)25-7-10(3)15-23-22-11(4)26-15/h5-6,10H,7H2,1-4H3. The van der Waals surface area contributed by atoms with Crippen molar-refractivity contribution in [2.75, 3.05) is 6.61 Å². The second-order valence-corrected chi connectivity index (χ2v) is 6.23. The molecular formula is C17H17F3N4O3. The van der Waals surface area contributed by atoms with Gasteiger partial charge in [0.05, 0.1) is 12.5 Å². The van der Waals surface area contributed by atoms with E-state index in [9.17, 15) is 13.2 Å². The summed E-state index contributed by atoms with van der Waals surface area (Å²) in [4.78, 5) is 3.41. The summed E-state index contributed by atoms with van der Waals surface area (Å²) >= 11 is 0. The minimum absolute atomic E-state index is 0.115. The maximum Gasteiger partial charge on any atom is 0.471 e. The Bertz CT molecular complexity index is 926. The van der Waals surface area contributed by atoms with E-state index in [4.69, 9.17) is 9.15 Å². The average molecular weight is 382 g/mol. The molecule has 0 radical (unpaired) electrons. The fourth-order valence-corrected chi connectivity index (χ4v) is 2.55. The number of alkyl halides is 3. The van der Waals surface area contributed by atoms with Crippen LogP contribution in [0, 0.1) is 20.8 Å². The third kappa shape index (κ3) is 4.09. The Labute approximate surface area is 152 Å². The lowest BCUT2D eigenvalue weighted by atomic mass is 10.1. The summed E-state index contributed by atoms with van der Waals surface area (Å²) in [7, 11) is 0. The van der Waals surface area contributed by atoms with Crippen LogP contribution >= 0.6 is 0 Å². The zero-order valence-corrected chi connectivity index (χ0v) is 15.1. The minimum Gasteiger partial charge on any atom is -0.492 e. The molecule has 0 saturated heterocycles. The lowest BCUT2D eigenvalue weighted by Crippen LogP contribution is -2.09. The van der Waals surface area contributed by atoms with Gasteiger partial charge in [0.25, 0.3) is 0 Å². The molecule has 27 heavy (non-hydrogen) atoms. The summed E-state index contributed by atoms with van der Waals surface area (Å²) in [5.41, 5.74) is 1.88. The molecule has 3 aromatic rings. The van der Waals surface area contributed by atoms with Gasteiger partial charge < -0.3 is 13.7 Å². The minimum atomic E-state index is -4.68. The van der Waals surface area contributed by atoms with E-state index in [1.807, 2.05) is 6.92 Å². The topological polar surface area (TPSA) is 87.1 Å². The molecule has 0 N–H and O–H groups in total. The Kier molecular flexibility index (Phi) is 4.90. The molecule has 0 bridgehead atoms. The van der Waals surface area contributed by atoms with Gasteiger partial charge in [0.15, 0.2) is 0 Å². The van der Waals surface area contributed by atoms with Gasteiger partial charge in [0.1, 0.15) is 5.75 Å². The van der Waals surface area contributed by atoms with Crippen LogP contribution < -0.4 is 4.74 Å². The van der Waals surface area contributed by atoms with Crippen LogP contribution in [0.4, 0.5) is 13.2 Å². The molecular weight excluding hydrogens is 365 g/mol. The van der Waals surface area contributed by atoms with E-state index in [1.54, 1.807) is 32.9 Å². The molecule has 0 fully saturated rings. The average Bonchev–Trinajstić information content (AvgIpc) is 3.22. The smallest absolute Gasteiger partial charge is 0.471 e. The van der Waals surface area contributed by atoms with Gasteiger partial charge in [-0.2, -0.15) is 18.2 Å². The molecule has 3 rings (SSSR count). The molecule has 2 aromatic heterocycles. The van der Waals surface area contributed by atoms with Gasteiger partial charge in [-0.1, -0.05) is 12.1 Å². The summed E-state index contributed by atoms with van der Waals surface area (Å²) < 4.78 is 53.4. The highest BCUT2D eigenvalue weighted by Gasteiger charge is 2.38. The molecule has 1 unspecified atom stereocenters. The van der Waals surface area contributed by atoms with Gasteiger partial charge in [-0.05, 0) is 37.1 Å². The lowest BCUT2D eigenvalue weighted by molar-refractivity contribution is -0.159. The largest absolute Gasteiger partial charge is 0.492 e. The van der Waals surface area contributed by atoms with Gasteiger partial charge in [0.2, 0.25) is 17.6 Å². The Morgan fingerprint density at radius 3 is 2.30 bits per heavy atom. The Balaban J connectivity index is 1.78. The van der Waals surface area contributed by atoms with Gasteiger partial charge in [0, 0.05) is 12.5 Å². The number of rotatable bonds is 5. The maximum absolute atomic E-state index is 12.6. The van der Waals surface area contributed by atoms with Gasteiger partial charge >= 0.3 is 12.1 Å². The molecule has 1 atom stereocenters. The third-order valence-corrected chi connectivity index (χ3v) is 3.83. The Hall–Kier alpha value is -2.91. The van der Waals surface area contributed by atoms with E-state index >= 15 is 0 Å². The van der Waals surface area contributed by atoms with Crippen molar-refractivity contribution in [1.29, 1.82) is 0 Å². The highest BCUT2D eigenvalue weighted by Crippen LogP contribution is 2.32. The fraction of sp³-hybridized carbons (Fsp3) is 0.412. The molecule has 0 amide bonds. The molecule has 144 valence electrons. The van der Waals surface area contributed by atoms with Crippen LogP contribution in [-0.4, -0.2) is 26.9 Å². The number of hydrogen-bond acceptors (Lipinski definition) is 7. The third-order valence-electron chi connectivity index (χ3n) is 3.83. The first kappa shape index (κ1) is 18.9. The SMILES string of the molecule is Cc1nnc(C(C)COc2c(C)cc(-c3noc(C(F)(F)F)n3)cc2C)o1. The van der Waals surface area contributed by atoms with E-state index in [-0.39, 0.29) is 11.7 Å². The summed E-state index contributed by atoms with van der Waals surface area (Å²) in [6, 6.07) is 3.30. The normalized spacial score (nSPS) is 13.0. The van der Waals surface area contributed by atoms with E-state index in [0.29, 0.717) is 29.7 Å². The molecule has 0 aliphatic carbocycles. The molecule has 10 heteroatoms. The maximum atomic E-state index is 12.6. The van der Waals surface area contributed by atoms with Crippen molar-refractivity contribution < 1.29 is 26.8 Å². The second-order valence-electron chi connectivity index (χ2n) is 6.23. The Morgan fingerprint density at radius 1 is 1.11 bits per heavy atom. The van der Waals surface area contributed by atoms with E-state index in [2.05, 4.69) is 24.9 Å². The van der Waals surface area contributed by atoms with Crippen LogP contribution in [0.15, 0.2) is 21.1 Å². The molecule has 0 aliphatic heterocycles. The van der Waals surface area contributed by atoms with Crippen molar-refractivity contribution in [3.8, 4) is 17.1 Å². The highest BCUT2D eigenvalue weighted by atomic mass is 19.4. The first-order chi connectivity index (χ1) is 12.6. The van der Waals surface area contributed by atoms with E-state index in [0.717, 1.165) is 11.1 Å². The van der Waals surface area contributed by atoms with E-state index < -0.39 is 12.1 Å². The van der Waals surface area contributed by atoms with E-state index in [1.165, 1.54) is 0 Å². The molecule has 0 spiro atoms. The highest BCUT2D eigenvalue weighted by molar-refractivity contribution is 5.61. The molecule has 0 saturated carbocycles. The number of ether oxygens (including phenoxy) is 1. The van der Waals surface area contributed by atoms with Crippen LogP contribution in [0.25, 0.3) is 11.4 Å². The Morgan fingerprint density at radius 2 is 1.78 bits per heavy atom. The zero-order valence-electron chi connectivity index (χ0n) is 15.1. The number of aryl methyl sites for hydroxylation is 3. The summed E-state index contributed by atoms with van der Waals surface area (Å²) in [6.07, 6.45) is -4.68. The van der Waals surface area contributed by atoms with Gasteiger partial charge in [-0.15, -0.1) is 10.2 Å². The van der Waals surface area contributed by atoms with Gasteiger partial charge in [-0.25, -0.2) is 0 Å². The summed E-state index contributed by atoms with van der Waals surface area (Å²) in [5.74, 6) is -0.0398. The van der Waals surface area contributed by atoms with Crippen LogP contribution in [0.5, 0.6) is 5.75 Å². The molecule has 0 aliphatic rings. The van der Waals surface area contributed by atoms with Crippen molar-refractivity contribution >= 4 is 0 Å². The van der Waals surface area contributed by atoms with Gasteiger partial charge in [-0.3, -0.25) is 0 Å². The molecule has 7 nitrogen and oxygen atoms in total.